The molecule has 4 aromatic carbocycles. The molecular weight excluding hydrogens is 681 g/mol. The third-order valence-electron chi connectivity index (χ3n) is 12.2. The Kier molecular flexibility index (Phi) is 16.8. The lowest BCUT2D eigenvalue weighted by atomic mass is 9.69. The minimum absolute atomic E-state index is 0.0741. The van der Waals surface area contributed by atoms with Gasteiger partial charge in [0.1, 0.15) is 11.5 Å². The molecule has 0 saturated heterocycles. The molecule has 4 aromatic rings. The number of benzene rings is 4. The highest BCUT2D eigenvalue weighted by atomic mass is 16.3. The Labute approximate surface area is 343 Å². The minimum atomic E-state index is -0.338. The molecular formula is C54H78O2. The van der Waals surface area contributed by atoms with Crippen molar-refractivity contribution in [2.45, 2.75) is 196 Å². The Morgan fingerprint density at radius 1 is 0.554 bits per heavy atom. The summed E-state index contributed by atoms with van der Waals surface area (Å²) in [4.78, 5) is 0. The molecule has 1 atom stereocenters. The van der Waals surface area contributed by atoms with Crippen molar-refractivity contribution in [3.63, 3.8) is 0 Å². The maximum atomic E-state index is 13.0. The molecule has 2 nitrogen and oxygen atoms in total. The molecule has 0 spiro atoms. The van der Waals surface area contributed by atoms with Gasteiger partial charge in [0.05, 0.1) is 0 Å². The second kappa shape index (κ2) is 20.8. The van der Waals surface area contributed by atoms with E-state index in [0.717, 1.165) is 54.4 Å². The first kappa shape index (κ1) is 45.2. The SMILES string of the molecule is CCCCCCCCc1ccccc1-c1c(C)c(C(CCC)c2cc(C(C)(C)C)c(O)cc2C)c(-c2ccccc2CCCCCCCC)c(C(C)(C)C)c1O. The van der Waals surface area contributed by atoms with Crippen LogP contribution in [0.25, 0.3) is 22.3 Å². The molecule has 306 valence electrons. The fraction of sp³-hybridized carbons (Fsp3) is 0.556. The fourth-order valence-corrected chi connectivity index (χ4v) is 9.24. The molecule has 1 unspecified atom stereocenters. The van der Waals surface area contributed by atoms with Crippen LogP contribution in [0.4, 0.5) is 0 Å². The van der Waals surface area contributed by atoms with Crippen LogP contribution in [0.3, 0.4) is 0 Å². The van der Waals surface area contributed by atoms with E-state index in [4.69, 9.17) is 0 Å². The molecule has 2 N–H and O–H groups in total. The third-order valence-corrected chi connectivity index (χ3v) is 12.2. The summed E-state index contributed by atoms with van der Waals surface area (Å²) in [6, 6.07) is 22.3. The number of aryl methyl sites for hydroxylation is 3. The van der Waals surface area contributed by atoms with Crippen molar-refractivity contribution in [1.82, 2.24) is 0 Å². The van der Waals surface area contributed by atoms with Crippen LogP contribution in [-0.4, -0.2) is 10.2 Å². The predicted octanol–water partition coefficient (Wildman–Crippen LogP) is 16.4. The van der Waals surface area contributed by atoms with Crippen molar-refractivity contribution in [3.05, 3.63) is 105 Å². The van der Waals surface area contributed by atoms with Gasteiger partial charge in [0, 0.05) is 17.0 Å². The van der Waals surface area contributed by atoms with Gasteiger partial charge in [-0.3, -0.25) is 0 Å². The van der Waals surface area contributed by atoms with Crippen LogP contribution in [0.2, 0.25) is 0 Å². The normalized spacial score (nSPS) is 12.7. The van der Waals surface area contributed by atoms with Crippen molar-refractivity contribution in [2.75, 3.05) is 0 Å². The molecule has 0 aliphatic rings. The molecule has 0 aliphatic carbocycles. The number of hydrogen-bond acceptors (Lipinski definition) is 2. The molecule has 2 heteroatoms. The quantitative estimate of drug-likeness (QED) is 0.0881. The summed E-state index contributed by atoms with van der Waals surface area (Å²) in [5.41, 5.74) is 13.7. The van der Waals surface area contributed by atoms with Crippen LogP contribution in [0, 0.1) is 13.8 Å². The molecule has 0 aliphatic heterocycles. The van der Waals surface area contributed by atoms with Crippen LogP contribution >= 0.6 is 0 Å². The fourth-order valence-electron chi connectivity index (χ4n) is 9.24. The Morgan fingerprint density at radius 2 is 1.04 bits per heavy atom. The molecule has 0 heterocycles. The maximum absolute atomic E-state index is 13.0. The van der Waals surface area contributed by atoms with Gasteiger partial charge in [0.15, 0.2) is 0 Å². The smallest absolute Gasteiger partial charge is 0.128 e. The summed E-state index contributed by atoms with van der Waals surface area (Å²) in [7, 11) is 0. The van der Waals surface area contributed by atoms with E-state index < -0.39 is 0 Å². The van der Waals surface area contributed by atoms with Gasteiger partial charge in [-0.25, -0.2) is 0 Å². The van der Waals surface area contributed by atoms with Gasteiger partial charge < -0.3 is 10.2 Å². The number of rotatable bonds is 20. The van der Waals surface area contributed by atoms with Crippen molar-refractivity contribution >= 4 is 0 Å². The first-order valence-electron chi connectivity index (χ1n) is 22.6. The first-order chi connectivity index (χ1) is 26.7. The number of unbranched alkanes of at least 4 members (excludes halogenated alkanes) is 10. The van der Waals surface area contributed by atoms with E-state index in [9.17, 15) is 10.2 Å². The van der Waals surface area contributed by atoms with Gasteiger partial charge in [-0.05, 0) is 118 Å². The summed E-state index contributed by atoms with van der Waals surface area (Å²) in [6.45, 7) is 24.8. The van der Waals surface area contributed by atoms with Gasteiger partial charge in [0.2, 0.25) is 0 Å². The Hall–Kier alpha value is -3.52. The van der Waals surface area contributed by atoms with Crippen LogP contribution < -0.4 is 0 Å². The molecule has 0 bridgehead atoms. The standard InChI is InChI=1S/C54H78O2/c1-12-15-17-19-21-23-30-40-32-25-27-34-42(40)49-39(5)48(44(29-14-3)45-37-46(53(6,7)8)47(55)36-38(45)4)50(51(52(49)56)54(9,10)11)43-35-28-26-33-41(43)31-24-22-20-18-16-13-2/h25-28,32-37,44,55-56H,12-24,29-31H2,1-11H3. The lowest BCUT2D eigenvalue weighted by Crippen LogP contribution is -2.19. The van der Waals surface area contributed by atoms with E-state index in [2.05, 4.69) is 131 Å². The molecule has 0 radical (unpaired) electrons. The number of phenolic OH excluding ortho intramolecular Hbond substituents is 2. The van der Waals surface area contributed by atoms with Crippen LogP contribution in [0.1, 0.15) is 203 Å². The average Bonchev–Trinajstić information content (AvgIpc) is 3.13. The predicted molar refractivity (Wildman–Crippen MR) is 245 cm³/mol. The highest BCUT2D eigenvalue weighted by Gasteiger charge is 2.35. The second-order valence-electron chi connectivity index (χ2n) is 18.9. The van der Waals surface area contributed by atoms with Gasteiger partial charge in [-0.1, -0.05) is 188 Å². The van der Waals surface area contributed by atoms with E-state index in [0.29, 0.717) is 11.5 Å². The number of phenols is 2. The van der Waals surface area contributed by atoms with Gasteiger partial charge in [-0.15, -0.1) is 0 Å². The zero-order chi connectivity index (χ0) is 41.0. The van der Waals surface area contributed by atoms with Crippen LogP contribution in [0.15, 0.2) is 60.7 Å². The zero-order valence-corrected chi connectivity index (χ0v) is 37.6. The van der Waals surface area contributed by atoms with E-state index >= 15 is 0 Å². The Morgan fingerprint density at radius 3 is 1.52 bits per heavy atom. The van der Waals surface area contributed by atoms with Gasteiger partial charge in [-0.2, -0.15) is 0 Å². The Balaban J connectivity index is 2.09. The van der Waals surface area contributed by atoms with E-state index in [1.54, 1.807) is 0 Å². The topological polar surface area (TPSA) is 40.5 Å². The van der Waals surface area contributed by atoms with E-state index in [-0.39, 0.29) is 16.7 Å². The lowest BCUT2D eigenvalue weighted by Gasteiger charge is -2.35. The average molecular weight is 759 g/mol. The van der Waals surface area contributed by atoms with Gasteiger partial charge >= 0.3 is 0 Å². The van der Waals surface area contributed by atoms with Crippen molar-refractivity contribution < 1.29 is 10.2 Å². The Bertz CT molecular complexity index is 1850. The van der Waals surface area contributed by atoms with Crippen molar-refractivity contribution in [1.29, 1.82) is 0 Å². The molecule has 0 saturated carbocycles. The highest BCUT2D eigenvalue weighted by molar-refractivity contribution is 5.89. The summed E-state index contributed by atoms with van der Waals surface area (Å²) in [6.07, 6.45) is 19.2. The molecule has 56 heavy (non-hydrogen) atoms. The molecule has 0 aromatic heterocycles. The molecule has 4 rings (SSSR count). The summed E-state index contributed by atoms with van der Waals surface area (Å²) >= 11 is 0. The maximum Gasteiger partial charge on any atom is 0.128 e. The second-order valence-corrected chi connectivity index (χ2v) is 18.9. The van der Waals surface area contributed by atoms with E-state index in [1.807, 2.05) is 6.07 Å². The highest BCUT2D eigenvalue weighted by Crippen LogP contribution is 2.54. The number of aromatic hydroxyl groups is 2. The molecule has 0 amide bonds. The minimum Gasteiger partial charge on any atom is -0.508 e. The van der Waals surface area contributed by atoms with Crippen molar-refractivity contribution in [2.24, 2.45) is 0 Å². The van der Waals surface area contributed by atoms with Gasteiger partial charge in [0.25, 0.3) is 0 Å². The largest absolute Gasteiger partial charge is 0.508 e. The lowest BCUT2D eigenvalue weighted by molar-refractivity contribution is 0.445. The van der Waals surface area contributed by atoms with Crippen LogP contribution in [-0.2, 0) is 23.7 Å². The van der Waals surface area contributed by atoms with Crippen molar-refractivity contribution in [3.8, 4) is 33.8 Å². The number of hydrogen-bond donors (Lipinski definition) is 2. The summed E-state index contributed by atoms with van der Waals surface area (Å²) in [5.74, 6) is 0.886. The monoisotopic (exact) mass is 759 g/mol. The van der Waals surface area contributed by atoms with Crippen LogP contribution in [0.5, 0.6) is 11.5 Å². The van der Waals surface area contributed by atoms with E-state index in [1.165, 1.54) is 115 Å². The third kappa shape index (κ3) is 11.1. The zero-order valence-electron chi connectivity index (χ0n) is 37.6. The summed E-state index contributed by atoms with van der Waals surface area (Å²) < 4.78 is 0. The first-order valence-corrected chi connectivity index (χ1v) is 22.6. The summed E-state index contributed by atoms with van der Waals surface area (Å²) in [5, 5.41) is 24.3. The molecule has 0 fully saturated rings.